The second-order valence-electron chi connectivity index (χ2n) is 5.19. The number of thioether (sulfide) groups is 2. The van der Waals surface area contributed by atoms with Gasteiger partial charge in [0.1, 0.15) is 0 Å². The van der Waals surface area contributed by atoms with E-state index >= 15 is 0 Å². The predicted octanol–water partition coefficient (Wildman–Crippen LogP) is 2.38. The maximum atomic E-state index is 12.2. The Morgan fingerprint density at radius 3 is 2.90 bits per heavy atom. The number of carbonyl (C=O) groups is 2. The van der Waals surface area contributed by atoms with Crippen LogP contribution in [-0.4, -0.2) is 40.9 Å². The highest BCUT2D eigenvalue weighted by atomic mass is 32.2. The topological polar surface area (TPSA) is 49.4 Å². The summed E-state index contributed by atoms with van der Waals surface area (Å²) in [5.41, 5.74) is 2.94. The Morgan fingerprint density at radius 2 is 2.19 bits per heavy atom. The molecule has 21 heavy (non-hydrogen) atoms. The van der Waals surface area contributed by atoms with E-state index in [0.717, 1.165) is 47.2 Å². The summed E-state index contributed by atoms with van der Waals surface area (Å²) in [4.78, 5) is 25.5. The molecule has 4 nitrogen and oxygen atoms in total. The summed E-state index contributed by atoms with van der Waals surface area (Å²) in [6, 6.07) is 5.82. The minimum atomic E-state index is 0.0470. The van der Waals surface area contributed by atoms with Crippen LogP contribution >= 0.6 is 23.5 Å². The lowest BCUT2D eigenvalue weighted by Crippen LogP contribution is -2.30. The summed E-state index contributed by atoms with van der Waals surface area (Å²) < 4.78 is 0. The zero-order valence-corrected chi connectivity index (χ0v) is 13.6. The number of hydrogen-bond donors (Lipinski definition) is 1. The highest BCUT2D eigenvalue weighted by molar-refractivity contribution is 8.07. The van der Waals surface area contributed by atoms with Crippen LogP contribution in [0.2, 0.25) is 0 Å². The first-order valence-electron chi connectivity index (χ1n) is 7.06. The lowest BCUT2D eigenvalue weighted by atomic mass is 10.1. The van der Waals surface area contributed by atoms with E-state index < -0.39 is 0 Å². The van der Waals surface area contributed by atoms with Crippen LogP contribution in [0.4, 0.5) is 11.4 Å². The lowest BCUT2D eigenvalue weighted by Gasteiger charge is -2.20. The van der Waals surface area contributed by atoms with Gasteiger partial charge in [0.15, 0.2) is 0 Å². The highest BCUT2D eigenvalue weighted by Crippen LogP contribution is 2.31. The minimum Gasteiger partial charge on any atom is -0.325 e. The smallest absolute Gasteiger partial charge is 0.238 e. The van der Waals surface area contributed by atoms with Gasteiger partial charge < -0.3 is 10.2 Å². The summed E-state index contributed by atoms with van der Waals surface area (Å²) in [7, 11) is 0. The molecule has 1 saturated heterocycles. The van der Waals surface area contributed by atoms with Gasteiger partial charge in [-0.05, 0) is 30.2 Å². The molecule has 2 aliphatic rings. The third kappa shape index (κ3) is 3.21. The van der Waals surface area contributed by atoms with Crippen molar-refractivity contribution in [1.82, 2.24) is 0 Å². The molecule has 112 valence electrons. The van der Waals surface area contributed by atoms with Crippen molar-refractivity contribution in [3.05, 3.63) is 23.8 Å². The number of benzene rings is 1. The van der Waals surface area contributed by atoms with Gasteiger partial charge >= 0.3 is 0 Å². The monoisotopic (exact) mass is 322 g/mol. The van der Waals surface area contributed by atoms with Crippen LogP contribution in [0.1, 0.15) is 12.5 Å². The SMILES string of the molecule is CC(=O)N1CCc2cc(NC(=O)[C@H]3CSCCS3)ccc21. The molecule has 0 bridgehead atoms. The summed E-state index contributed by atoms with van der Waals surface area (Å²) in [5.74, 6) is 3.23. The van der Waals surface area contributed by atoms with Crippen molar-refractivity contribution in [3.63, 3.8) is 0 Å². The fourth-order valence-electron chi connectivity index (χ4n) is 2.67. The number of amides is 2. The van der Waals surface area contributed by atoms with Gasteiger partial charge in [0.2, 0.25) is 11.8 Å². The van der Waals surface area contributed by atoms with Crippen LogP contribution in [0.3, 0.4) is 0 Å². The maximum Gasteiger partial charge on any atom is 0.238 e. The molecular formula is C15H18N2O2S2. The van der Waals surface area contributed by atoms with Crippen LogP contribution in [0, 0.1) is 0 Å². The largest absolute Gasteiger partial charge is 0.325 e. The second-order valence-corrected chi connectivity index (χ2v) is 7.65. The molecule has 0 aromatic heterocycles. The molecule has 0 saturated carbocycles. The van der Waals surface area contributed by atoms with E-state index in [1.165, 1.54) is 0 Å². The average molecular weight is 322 g/mol. The van der Waals surface area contributed by atoms with Gasteiger partial charge in [0.25, 0.3) is 0 Å². The number of rotatable bonds is 2. The average Bonchev–Trinajstić information content (AvgIpc) is 2.91. The van der Waals surface area contributed by atoms with Gasteiger partial charge in [-0.2, -0.15) is 11.8 Å². The van der Waals surface area contributed by atoms with Crippen molar-refractivity contribution in [2.75, 3.05) is 34.0 Å². The molecule has 1 atom stereocenters. The first-order valence-corrected chi connectivity index (χ1v) is 9.27. The van der Waals surface area contributed by atoms with E-state index in [1.54, 1.807) is 23.6 Å². The van der Waals surface area contributed by atoms with Crippen molar-refractivity contribution in [1.29, 1.82) is 0 Å². The number of fused-ring (bicyclic) bond motifs is 1. The van der Waals surface area contributed by atoms with Crippen LogP contribution < -0.4 is 10.2 Å². The van der Waals surface area contributed by atoms with E-state index in [2.05, 4.69) is 5.32 Å². The quantitative estimate of drug-likeness (QED) is 0.908. The van der Waals surface area contributed by atoms with Crippen molar-refractivity contribution >= 4 is 46.7 Å². The Labute approximate surface area is 133 Å². The van der Waals surface area contributed by atoms with E-state index in [1.807, 2.05) is 30.0 Å². The fraction of sp³-hybridized carbons (Fsp3) is 0.467. The number of nitrogens with one attached hydrogen (secondary N) is 1. The maximum absolute atomic E-state index is 12.2. The summed E-state index contributed by atoms with van der Waals surface area (Å²) >= 11 is 3.57. The molecule has 2 aliphatic heterocycles. The first kappa shape index (κ1) is 14.8. The van der Waals surface area contributed by atoms with Crippen LogP contribution in [0.15, 0.2) is 18.2 Å². The molecule has 0 radical (unpaired) electrons. The Kier molecular flexibility index (Phi) is 4.45. The first-order chi connectivity index (χ1) is 10.1. The van der Waals surface area contributed by atoms with Gasteiger partial charge in [0.05, 0.1) is 5.25 Å². The molecule has 1 aromatic carbocycles. The molecule has 0 unspecified atom stereocenters. The molecule has 3 rings (SSSR count). The molecule has 0 aliphatic carbocycles. The summed E-state index contributed by atoms with van der Waals surface area (Å²) in [6.07, 6.45) is 0.854. The molecular weight excluding hydrogens is 304 g/mol. The summed E-state index contributed by atoms with van der Waals surface area (Å²) in [5, 5.41) is 3.06. The van der Waals surface area contributed by atoms with Gasteiger partial charge in [-0.3, -0.25) is 9.59 Å². The molecule has 1 fully saturated rings. The highest BCUT2D eigenvalue weighted by Gasteiger charge is 2.24. The van der Waals surface area contributed by atoms with E-state index in [4.69, 9.17) is 0 Å². The second kappa shape index (κ2) is 6.32. The zero-order valence-electron chi connectivity index (χ0n) is 11.9. The zero-order chi connectivity index (χ0) is 14.8. The lowest BCUT2D eigenvalue weighted by molar-refractivity contribution is -0.116. The number of nitrogens with zero attached hydrogens (tertiary/aromatic N) is 1. The number of hydrogen-bond acceptors (Lipinski definition) is 4. The van der Waals surface area contributed by atoms with Crippen molar-refractivity contribution in [3.8, 4) is 0 Å². The molecule has 6 heteroatoms. The van der Waals surface area contributed by atoms with E-state index in [-0.39, 0.29) is 17.1 Å². The van der Waals surface area contributed by atoms with Gasteiger partial charge in [0, 0.05) is 42.1 Å². The standard InChI is InChI=1S/C15H18N2O2S2/c1-10(18)17-5-4-11-8-12(2-3-13(11)17)16-15(19)14-9-20-6-7-21-14/h2-3,8,14H,4-7,9H2,1H3,(H,16,19)/t14-/m1/s1. The molecule has 0 spiro atoms. The molecule has 2 amide bonds. The third-order valence-electron chi connectivity index (χ3n) is 3.73. The fourth-order valence-corrected chi connectivity index (χ4v) is 5.23. The van der Waals surface area contributed by atoms with E-state index in [0.29, 0.717) is 0 Å². The van der Waals surface area contributed by atoms with Gasteiger partial charge in [-0.25, -0.2) is 0 Å². The molecule has 2 heterocycles. The molecule has 1 N–H and O–H groups in total. The van der Waals surface area contributed by atoms with Crippen LogP contribution in [-0.2, 0) is 16.0 Å². The predicted molar refractivity (Wildman–Crippen MR) is 90.4 cm³/mol. The minimum absolute atomic E-state index is 0.0470. The van der Waals surface area contributed by atoms with Gasteiger partial charge in [-0.15, -0.1) is 11.8 Å². The number of carbonyl (C=O) groups excluding carboxylic acids is 2. The summed E-state index contributed by atoms with van der Waals surface area (Å²) in [6.45, 7) is 2.32. The Bertz CT molecular complexity index is 571. The molecule has 1 aromatic rings. The Balaban J connectivity index is 1.70. The van der Waals surface area contributed by atoms with Gasteiger partial charge in [-0.1, -0.05) is 0 Å². The van der Waals surface area contributed by atoms with Crippen LogP contribution in [0.25, 0.3) is 0 Å². The third-order valence-corrected chi connectivity index (χ3v) is 6.49. The Hall–Kier alpha value is -1.14. The van der Waals surface area contributed by atoms with Crippen molar-refractivity contribution < 1.29 is 9.59 Å². The van der Waals surface area contributed by atoms with Crippen molar-refractivity contribution in [2.45, 2.75) is 18.6 Å². The van der Waals surface area contributed by atoms with E-state index in [9.17, 15) is 9.59 Å². The number of anilines is 2. The Morgan fingerprint density at radius 1 is 1.33 bits per heavy atom. The normalized spacial score (nSPS) is 21.0. The van der Waals surface area contributed by atoms with Crippen molar-refractivity contribution in [2.24, 2.45) is 0 Å². The van der Waals surface area contributed by atoms with Crippen LogP contribution in [0.5, 0.6) is 0 Å².